The molecule has 1 aliphatic rings. The highest BCUT2D eigenvalue weighted by molar-refractivity contribution is 7.91. The summed E-state index contributed by atoms with van der Waals surface area (Å²) in [6.07, 6.45) is 0.197. The third-order valence-electron chi connectivity index (χ3n) is 5.18. The van der Waals surface area contributed by atoms with Crippen LogP contribution >= 0.6 is 0 Å². The topological polar surface area (TPSA) is 127 Å². The highest BCUT2D eigenvalue weighted by Crippen LogP contribution is 2.28. The maximum absolute atomic E-state index is 12.4. The molecule has 148 valence electrons. The highest BCUT2D eigenvalue weighted by Gasteiger charge is 2.37. The van der Waals surface area contributed by atoms with Crippen molar-refractivity contribution in [3.8, 4) is 0 Å². The standard InChI is InChI=1S/C19H19NO7S/c1-9-6-26-16-5-17-12(3-11(9)16)10(2)13(19(23)27-17)4-18(22)20-14-7-28(24,25)8-15(14)21/h3,5-6,14-15,21H,4,7-8H2,1-2H3,(H,20,22)/t14-,15-/m1/s1. The first-order chi connectivity index (χ1) is 13.1. The van der Waals surface area contributed by atoms with Crippen LogP contribution in [-0.2, 0) is 21.1 Å². The van der Waals surface area contributed by atoms with Gasteiger partial charge in [-0.25, -0.2) is 13.2 Å². The highest BCUT2D eigenvalue weighted by atomic mass is 32.2. The molecule has 1 aromatic carbocycles. The molecule has 3 heterocycles. The number of hydrogen-bond donors (Lipinski definition) is 2. The van der Waals surface area contributed by atoms with Crippen LogP contribution in [0.2, 0.25) is 0 Å². The van der Waals surface area contributed by atoms with Gasteiger partial charge in [-0.05, 0) is 31.0 Å². The second kappa shape index (κ2) is 6.46. The molecule has 0 bridgehead atoms. The van der Waals surface area contributed by atoms with Crippen LogP contribution in [0.15, 0.2) is 32.0 Å². The molecule has 0 radical (unpaired) electrons. The Bertz CT molecular complexity index is 1270. The van der Waals surface area contributed by atoms with E-state index in [1.54, 1.807) is 19.3 Å². The molecule has 28 heavy (non-hydrogen) atoms. The summed E-state index contributed by atoms with van der Waals surface area (Å²) in [5.74, 6) is -1.24. The van der Waals surface area contributed by atoms with E-state index in [0.717, 1.165) is 10.9 Å². The summed E-state index contributed by atoms with van der Waals surface area (Å²) in [6, 6.07) is 2.63. The summed E-state index contributed by atoms with van der Waals surface area (Å²) in [7, 11) is -3.38. The summed E-state index contributed by atoms with van der Waals surface area (Å²) >= 11 is 0. The molecule has 2 aromatic heterocycles. The molecule has 9 heteroatoms. The minimum absolute atomic E-state index is 0.195. The number of aliphatic hydroxyl groups is 1. The van der Waals surface area contributed by atoms with E-state index in [2.05, 4.69) is 5.32 Å². The largest absolute Gasteiger partial charge is 0.464 e. The molecule has 2 atom stereocenters. The lowest BCUT2D eigenvalue weighted by atomic mass is 10.0. The zero-order chi connectivity index (χ0) is 20.2. The number of sulfone groups is 1. The summed E-state index contributed by atoms with van der Waals surface area (Å²) in [6.45, 7) is 3.64. The summed E-state index contributed by atoms with van der Waals surface area (Å²) < 4.78 is 34.0. The van der Waals surface area contributed by atoms with Gasteiger partial charge in [-0.3, -0.25) is 4.79 Å². The zero-order valence-corrected chi connectivity index (χ0v) is 16.1. The number of furan rings is 1. The Balaban J connectivity index is 1.66. The Morgan fingerprint density at radius 1 is 1.21 bits per heavy atom. The van der Waals surface area contributed by atoms with E-state index < -0.39 is 33.5 Å². The number of amides is 1. The van der Waals surface area contributed by atoms with Gasteiger partial charge in [-0.15, -0.1) is 0 Å². The number of hydrogen-bond acceptors (Lipinski definition) is 7. The molecule has 0 unspecified atom stereocenters. The van der Waals surface area contributed by atoms with Gasteiger partial charge in [0.2, 0.25) is 5.91 Å². The third-order valence-corrected chi connectivity index (χ3v) is 6.90. The number of fused-ring (bicyclic) bond motifs is 2. The van der Waals surface area contributed by atoms with Crippen LogP contribution in [0.4, 0.5) is 0 Å². The van der Waals surface area contributed by atoms with Gasteiger partial charge in [0.1, 0.15) is 11.2 Å². The number of benzene rings is 1. The van der Waals surface area contributed by atoms with E-state index in [-0.39, 0.29) is 23.5 Å². The lowest BCUT2D eigenvalue weighted by molar-refractivity contribution is -0.121. The average molecular weight is 405 g/mol. The molecule has 0 aliphatic carbocycles. The summed E-state index contributed by atoms with van der Waals surface area (Å²) in [4.78, 5) is 24.8. The maximum atomic E-state index is 12.4. The Labute approximate surface area is 160 Å². The van der Waals surface area contributed by atoms with Gasteiger partial charge in [0.15, 0.2) is 9.84 Å². The predicted octanol–water partition coefficient (Wildman–Crippen LogP) is 0.973. The van der Waals surface area contributed by atoms with Crippen molar-refractivity contribution in [3.05, 3.63) is 45.5 Å². The molecule has 0 spiro atoms. The van der Waals surface area contributed by atoms with Crippen molar-refractivity contribution in [2.75, 3.05) is 11.5 Å². The van der Waals surface area contributed by atoms with E-state index in [4.69, 9.17) is 8.83 Å². The third kappa shape index (κ3) is 3.20. The SMILES string of the molecule is Cc1coc2cc3oc(=O)c(CC(=O)N[C@@H]4CS(=O)(=O)C[C@H]4O)c(C)c3cc12. The van der Waals surface area contributed by atoms with Crippen molar-refractivity contribution in [2.24, 2.45) is 0 Å². The molecule has 1 amide bonds. The first-order valence-corrected chi connectivity index (χ1v) is 10.6. The smallest absolute Gasteiger partial charge is 0.340 e. The van der Waals surface area contributed by atoms with Gasteiger partial charge in [-0.1, -0.05) is 0 Å². The van der Waals surface area contributed by atoms with Crippen LogP contribution in [0, 0.1) is 13.8 Å². The van der Waals surface area contributed by atoms with Crippen LogP contribution in [-0.4, -0.2) is 43.1 Å². The van der Waals surface area contributed by atoms with Crippen molar-refractivity contribution in [1.29, 1.82) is 0 Å². The quantitative estimate of drug-likeness (QED) is 0.622. The number of rotatable bonds is 3. The predicted molar refractivity (Wildman–Crippen MR) is 102 cm³/mol. The van der Waals surface area contributed by atoms with Crippen LogP contribution in [0.1, 0.15) is 16.7 Å². The van der Waals surface area contributed by atoms with Gasteiger partial charge < -0.3 is 19.3 Å². The Hall–Kier alpha value is -2.65. The van der Waals surface area contributed by atoms with Crippen molar-refractivity contribution in [1.82, 2.24) is 5.32 Å². The summed E-state index contributed by atoms with van der Waals surface area (Å²) in [5, 5.41) is 13.9. The van der Waals surface area contributed by atoms with Gasteiger partial charge in [-0.2, -0.15) is 0 Å². The minimum Gasteiger partial charge on any atom is -0.464 e. The fraction of sp³-hybridized carbons (Fsp3) is 0.368. The fourth-order valence-electron chi connectivity index (χ4n) is 3.63. The second-order valence-electron chi connectivity index (χ2n) is 7.25. The Morgan fingerprint density at radius 3 is 2.64 bits per heavy atom. The molecule has 1 aliphatic heterocycles. The van der Waals surface area contributed by atoms with Crippen LogP contribution in [0.25, 0.3) is 21.9 Å². The molecule has 3 aromatic rings. The van der Waals surface area contributed by atoms with Crippen molar-refractivity contribution in [2.45, 2.75) is 32.4 Å². The molecule has 0 saturated carbocycles. The lowest BCUT2D eigenvalue weighted by Crippen LogP contribution is -2.43. The van der Waals surface area contributed by atoms with Crippen molar-refractivity contribution >= 4 is 37.7 Å². The van der Waals surface area contributed by atoms with Gasteiger partial charge in [0.05, 0.1) is 41.9 Å². The normalized spacial score (nSPS) is 21.4. The van der Waals surface area contributed by atoms with E-state index in [1.807, 2.05) is 13.0 Å². The lowest BCUT2D eigenvalue weighted by Gasteiger charge is -2.15. The molecule has 1 saturated heterocycles. The average Bonchev–Trinajstić information content (AvgIpc) is 3.08. The van der Waals surface area contributed by atoms with E-state index in [0.29, 0.717) is 22.1 Å². The number of nitrogens with one attached hydrogen (secondary N) is 1. The van der Waals surface area contributed by atoms with Crippen LogP contribution in [0.3, 0.4) is 0 Å². The summed E-state index contributed by atoms with van der Waals surface area (Å²) in [5.41, 5.74) is 2.09. The van der Waals surface area contributed by atoms with Gasteiger partial charge in [0.25, 0.3) is 0 Å². The first-order valence-electron chi connectivity index (χ1n) is 8.76. The molecule has 2 N–H and O–H groups in total. The van der Waals surface area contributed by atoms with Crippen LogP contribution in [0.5, 0.6) is 0 Å². The second-order valence-corrected chi connectivity index (χ2v) is 9.41. The molecular formula is C19H19NO7S. The molecular weight excluding hydrogens is 386 g/mol. The number of carbonyl (C=O) groups is 1. The van der Waals surface area contributed by atoms with Crippen LogP contribution < -0.4 is 10.9 Å². The van der Waals surface area contributed by atoms with E-state index >= 15 is 0 Å². The maximum Gasteiger partial charge on any atom is 0.340 e. The van der Waals surface area contributed by atoms with Gasteiger partial charge >= 0.3 is 5.63 Å². The zero-order valence-electron chi connectivity index (χ0n) is 15.3. The van der Waals surface area contributed by atoms with Gasteiger partial charge in [0, 0.05) is 16.8 Å². The first kappa shape index (κ1) is 18.7. The minimum atomic E-state index is -3.38. The van der Waals surface area contributed by atoms with E-state index in [1.165, 1.54) is 0 Å². The molecule has 1 fully saturated rings. The fourth-order valence-corrected chi connectivity index (χ4v) is 5.37. The monoisotopic (exact) mass is 405 g/mol. The number of aryl methyl sites for hydroxylation is 2. The van der Waals surface area contributed by atoms with Crippen molar-refractivity contribution in [3.63, 3.8) is 0 Å². The number of carbonyl (C=O) groups excluding carboxylic acids is 1. The Morgan fingerprint density at radius 2 is 1.96 bits per heavy atom. The number of aliphatic hydroxyl groups excluding tert-OH is 1. The Kier molecular flexibility index (Phi) is 4.31. The molecule has 4 rings (SSSR count). The van der Waals surface area contributed by atoms with E-state index in [9.17, 15) is 23.1 Å². The van der Waals surface area contributed by atoms with Crippen molar-refractivity contribution < 1.29 is 27.2 Å². The molecule has 8 nitrogen and oxygen atoms in total.